The van der Waals surface area contributed by atoms with E-state index >= 15 is 0 Å². The van der Waals surface area contributed by atoms with Crippen molar-refractivity contribution in [1.82, 2.24) is 14.0 Å². The number of para-hydroxylation sites is 1. The highest BCUT2D eigenvalue weighted by Gasteiger charge is 2.21. The third-order valence-corrected chi connectivity index (χ3v) is 8.29. The first kappa shape index (κ1) is 21.5. The Morgan fingerprint density at radius 2 is 1.25 bits per heavy atom. The quantitative estimate of drug-likeness (QED) is 0.213. The Labute approximate surface area is 230 Å². The summed E-state index contributed by atoms with van der Waals surface area (Å²) in [5.41, 5.74) is 6.65. The number of aromatic nitrogens is 3. The van der Waals surface area contributed by atoms with Crippen molar-refractivity contribution < 1.29 is 0 Å². The molecule has 0 bridgehead atoms. The molecule has 0 aliphatic heterocycles. The van der Waals surface area contributed by atoms with Gasteiger partial charge in [-0.15, -0.1) is 0 Å². The highest BCUT2D eigenvalue weighted by atomic mass is 15.0. The van der Waals surface area contributed by atoms with E-state index in [0.29, 0.717) is 0 Å². The molecule has 0 N–H and O–H groups in total. The maximum atomic E-state index is 4.94. The second-order valence-electron chi connectivity index (χ2n) is 10.5. The highest BCUT2D eigenvalue weighted by molar-refractivity contribution is 6.36. The fourth-order valence-electron chi connectivity index (χ4n) is 6.57. The van der Waals surface area contributed by atoms with Gasteiger partial charge in [-0.2, -0.15) is 0 Å². The molecule has 6 aromatic carbocycles. The van der Waals surface area contributed by atoms with E-state index in [1.807, 2.05) is 18.2 Å². The van der Waals surface area contributed by atoms with Gasteiger partial charge in [0.1, 0.15) is 5.65 Å². The van der Waals surface area contributed by atoms with Gasteiger partial charge in [0.25, 0.3) is 0 Å². The van der Waals surface area contributed by atoms with E-state index in [1.165, 1.54) is 54.1 Å². The van der Waals surface area contributed by atoms with Crippen molar-refractivity contribution >= 4 is 59.8 Å². The monoisotopic (exact) mass is 509 g/mol. The molecule has 0 radical (unpaired) electrons. The second-order valence-corrected chi connectivity index (χ2v) is 10.5. The first-order valence-electron chi connectivity index (χ1n) is 13.6. The van der Waals surface area contributed by atoms with E-state index < -0.39 is 0 Å². The molecule has 9 aromatic rings. The summed E-state index contributed by atoms with van der Waals surface area (Å²) in [6.07, 6.45) is 4.17. The zero-order valence-electron chi connectivity index (χ0n) is 21.6. The van der Waals surface area contributed by atoms with E-state index in [4.69, 9.17) is 4.98 Å². The van der Waals surface area contributed by atoms with Crippen LogP contribution in [0.1, 0.15) is 0 Å². The van der Waals surface area contributed by atoms with Crippen LogP contribution in [0.5, 0.6) is 0 Å². The summed E-state index contributed by atoms with van der Waals surface area (Å²) in [6, 6.07) is 45.9. The summed E-state index contributed by atoms with van der Waals surface area (Å²) in [6.45, 7) is 0. The molecule has 0 fully saturated rings. The van der Waals surface area contributed by atoms with Crippen molar-refractivity contribution in [3.63, 3.8) is 0 Å². The normalized spacial score (nSPS) is 12.0. The number of pyridine rings is 1. The van der Waals surface area contributed by atoms with Crippen molar-refractivity contribution in [3.05, 3.63) is 140 Å². The topological polar surface area (TPSA) is 22.2 Å². The predicted molar refractivity (Wildman–Crippen MR) is 167 cm³/mol. The molecule has 40 heavy (non-hydrogen) atoms. The van der Waals surface area contributed by atoms with Gasteiger partial charge in [0.05, 0.1) is 16.7 Å². The molecular weight excluding hydrogens is 486 g/mol. The van der Waals surface area contributed by atoms with Crippen LogP contribution >= 0.6 is 0 Å². The van der Waals surface area contributed by atoms with Gasteiger partial charge in [-0.1, -0.05) is 91.0 Å². The molecule has 3 nitrogen and oxygen atoms in total. The summed E-state index contributed by atoms with van der Waals surface area (Å²) in [5, 5.41) is 10.2. The number of hydrogen-bond acceptors (Lipinski definition) is 1. The van der Waals surface area contributed by atoms with Gasteiger partial charge >= 0.3 is 0 Å². The van der Waals surface area contributed by atoms with Crippen molar-refractivity contribution in [2.45, 2.75) is 0 Å². The third kappa shape index (κ3) is 2.92. The molecule has 0 atom stereocenters. The lowest BCUT2D eigenvalue weighted by molar-refractivity contribution is 1.19. The van der Waals surface area contributed by atoms with Gasteiger partial charge in [-0.05, 0) is 63.3 Å². The van der Waals surface area contributed by atoms with Crippen LogP contribution in [0.15, 0.2) is 140 Å². The summed E-state index contributed by atoms with van der Waals surface area (Å²) in [7, 11) is 0. The molecule has 3 heteroatoms. The minimum atomic E-state index is 0.951. The Kier molecular flexibility index (Phi) is 4.33. The largest absolute Gasteiger partial charge is 0.309 e. The fraction of sp³-hybridized carbons (Fsp3) is 0. The van der Waals surface area contributed by atoms with Crippen LogP contribution in [0.4, 0.5) is 0 Å². The Hall–Kier alpha value is -5.41. The molecule has 0 saturated carbocycles. The van der Waals surface area contributed by atoms with Gasteiger partial charge in [-0.3, -0.25) is 0 Å². The summed E-state index contributed by atoms with van der Waals surface area (Å²) in [4.78, 5) is 4.94. The molecule has 3 aromatic heterocycles. The zero-order chi connectivity index (χ0) is 26.2. The lowest BCUT2D eigenvalue weighted by atomic mass is 9.93. The van der Waals surface area contributed by atoms with E-state index in [2.05, 4.69) is 131 Å². The van der Waals surface area contributed by atoms with Gasteiger partial charge in [0.2, 0.25) is 0 Å². The van der Waals surface area contributed by atoms with Crippen molar-refractivity contribution in [2.75, 3.05) is 0 Å². The van der Waals surface area contributed by atoms with Crippen molar-refractivity contribution in [3.8, 4) is 16.9 Å². The molecule has 0 unspecified atom stereocenters. The summed E-state index contributed by atoms with van der Waals surface area (Å²) in [5.74, 6) is 0. The highest BCUT2D eigenvalue weighted by Crippen LogP contribution is 2.45. The number of imidazole rings is 1. The maximum Gasteiger partial charge on any atom is 0.137 e. The second kappa shape index (κ2) is 8.05. The number of rotatable bonds is 2. The van der Waals surface area contributed by atoms with Gasteiger partial charge in [0, 0.05) is 39.8 Å². The number of hydrogen-bond donors (Lipinski definition) is 0. The van der Waals surface area contributed by atoms with Crippen LogP contribution < -0.4 is 0 Å². The Morgan fingerprint density at radius 3 is 2.12 bits per heavy atom. The minimum Gasteiger partial charge on any atom is -0.309 e. The van der Waals surface area contributed by atoms with Gasteiger partial charge < -0.3 is 8.97 Å². The molecule has 3 heterocycles. The molecule has 9 rings (SSSR count). The number of fused-ring (bicyclic) bond motifs is 11. The average molecular weight is 510 g/mol. The molecule has 186 valence electrons. The van der Waals surface area contributed by atoms with Crippen LogP contribution in [0, 0.1) is 0 Å². The maximum absolute atomic E-state index is 4.94. The van der Waals surface area contributed by atoms with Crippen LogP contribution in [0.3, 0.4) is 0 Å². The molecule has 0 saturated heterocycles. The molecule has 0 aliphatic carbocycles. The van der Waals surface area contributed by atoms with E-state index in [9.17, 15) is 0 Å². The molecular formula is C37H23N3. The van der Waals surface area contributed by atoms with Gasteiger partial charge in [0.15, 0.2) is 0 Å². The SMILES string of the molecule is c1ccc(-n2c3ccc(-c4cn5ccccc5n4)cc3c3c4ccccc4c4ccc5ccccc5c4c32)cc1. The van der Waals surface area contributed by atoms with E-state index in [1.54, 1.807) is 0 Å². The van der Waals surface area contributed by atoms with Crippen LogP contribution in [-0.2, 0) is 0 Å². The smallest absolute Gasteiger partial charge is 0.137 e. The first-order valence-corrected chi connectivity index (χ1v) is 13.6. The zero-order valence-corrected chi connectivity index (χ0v) is 21.6. The lowest BCUT2D eigenvalue weighted by Crippen LogP contribution is -1.95. The molecule has 0 aliphatic rings. The van der Waals surface area contributed by atoms with Crippen molar-refractivity contribution in [1.29, 1.82) is 0 Å². The molecule has 0 spiro atoms. The fourth-order valence-corrected chi connectivity index (χ4v) is 6.57. The lowest BCUT2D eigenvalue weighted by Gasteiger charge is -2.14. The number of benzene rings is 6. The Morgan fingerprint density at radius 1 is 0.525 bits per heavy atom. The standard InChI is InChI=1S/C37H23N3/c1-2-11-26(12-3-1)40-33-20-18-25(32-23-39-21-9-8-16-34(39)38-32)22-31(33)36-29-15-7-6-14-28(29)30-19-17-24-10-4-5-13-27(24)35(30)37(36)40/h1-23H. The Bertz CT molecular complexity index is 2390. The van der Waals surface area contributed by atoms with Crippen LogP contribution in [0.25, 0.3) is 76.7 Å². The summed E-state index contributed by atoms with van der Waals surface area (Å²) >= 11 is 0. The third-order valence-electron chi connectivity index (χ3n) is 8.29. The predicted octanol–water partition coefficient (Wildman–Crippen LogP) is 9.56. The van der Waals surface area contributed by atoms with Crippen molar-refractivity contribution in [2.24, 2.45) is 0 Å². The first-order chi connectivity index (χ1) is 19.8. The minimum absolute atomic E-state index is 0.951. The Balaban J connectivity index is 1.53. The molecule has 0 amide bonds. The van der Waals surface area contributed by atoms with E-state index in [-0.39, 0.29) is 0 Å². The van der Waals surface area contributed by atoms with Gasteiger partial charge in [-0.25, -0.2) is 4.98 Å². The van der Waals surface area contributed by atoms with E-state index in [0.717, 1.165) is 22.6 Å². The number of nitrogens with zero attached hydrogens (tertiary/aromatic N) is 3. The van der Waals surface area contributed by atoms with Crippen LogP contribution in [0.2, 0.25) is 0 Å². The summed E-state index contributed by atoms with van der Waals surface area (Å²) < 4.78 is 4.54. The average Bonchev–Trinajstić information content (AvgIpc) is 3.61. The van der Waals surface area contributed by atoms with Crippen LogP contribution in [-0.4, -0.2) is 14.0 Å².